The third kappa shape index (κ3) is 1.85. The van der Waals surface area contributed by atoms with Gasteiger partial charge in [0.25, 0.3) is 0 Å². The second-order valence-electron chi connectivity index (χ2n) is 5.29. The highest BCUT2D eigenvalue weighted by Gasteiger charge is 2.18. The SMILES string of the molecule is O=Nc1c(-c2ccc3c(c2)CCC3)nc2ccc(F)cn12. The van der Waals surface area contributed by atoms with Gasteiger partial charge in [-0.25, -0.2) is 9.37 Å². The van der Waals surface area contributed by atoms with Crippen molar-refractivity contribution in [1.29, 1.82) is 0 Å². The minimum absolute atomic E-state index is 0.141. The van der Waals surface area contributed by atoms with Crippen molar-refractivity contribution in [2.45, 2.75) is 19.3 Å². The maximum absolute atomic E-state index is 13.4. The number of nitrogens with zero attached hydrogens (tertiary/aromatic N) is 3. The van der Waals surface area contributed by atoms with Crippen molar-refractivity contribution >= 4 is 11.5 Å². The lowest BCUT2D eigenvalue weighted by molar-refractivity contribution is 0.619. The third-order valence-corrected chi connectivity index (χ3v) is 4.02. The Kier molecular flexibility index (Phi) is 2.60. The molecule has 104 valence electrons. The first-order valence-corrected chi connectivity index (χ1v) is 6.89. The lowest BCUT2D eigenvalue weighted by Crippen LogP contribution is -1.86. The summed E-state index contributed by atoms with van der Waals surface area (Å²) in [4.78, 5) is 15.6. The summed E-state index contributed by atoms with van der Waals surface area (Å²) in [6.45, 7) is 0. The molecule has 2 aromatic heterocycles. The fraction of sp³-hybridized carbons (Fsp3) is 0.188. The van der Waals surface area contributed by atoms with Gasteiger partial charge >= 0.3 is 0 Å². The summed E-state index contributed by atoms with van der Waals surface area (Å²) in [5.74, 6) is -0.284. The van der Waals surface area contributed by atoms with Crippen LogP contribution in [0.15, 0.2) is 41.7 Å². The van der Waals surface area contributed by atoms with Gasteiger partial charge in [-0.1, -0.05) is 12.1 Å². The molecule has 3 aromatic rings. The zero-order valence-corrected chi connectivity index (χ0v) is 11.2. The molecule has 0 aliphatic heterocycles. The van der Waals surface area contributed by atoms with Crippen LogP contribution in [0.3, 0.4) is 0 Å². The Labute approximate surface area is 120 Å². The number of benzene rings is 1. The third-order valence-electron chi connectivity index (χ3n) is 4.02. The summed E-state index contributed by atoms with van der Waals surface area (Å²) in [5.41, 5.74) is 4.53. The second-order valence-corrected chi connectivity index (χ2v) is 5.29. The first kappa shape index (κ1) is 12.2. The number of fused-ring (bicyclic) bond motifs is 2. The van der Waals surface area contributed by atoms with Gasteiger partial charge in [0, 0.05) is 11.8 Å². The standard InChI is InChI=1S/C16H12FN3O/c17-13-6-7-14-18-15(16(19-21)20(14)9-13)12-5-4-10-2-1-3-11(10)8-12/h4-9H,1-3H2. The maximum Gasteiger partial charge on any atom is 0.209 e. The Hall–Kier alpha value is -2.56. The van der Waals surface area contributed by atoms with Crippen LogP contribution in [-0.2, 0) is 12.8 Å². The summed E-state index contributed by atoms with van der Waals surface area (Å²) >= 11 is 0. The van der Waals surface area contributed by atoms with Crippen molar-refractivity contribution in [2.75, 3.05) is 0 Å². The molecule has 5 heteroatoms. The minimum Gasteiger partial charge on any atom is -0.278 e. The molecule has 0 saturated carbocycles. The van der Waals surface area contributed by atoms with Gasteiger partial charge in [-0.15, -0.1) is 4.91 Å². The monoisotopic (exact) mass is 281 g/mol. The lowest BCUT2D eigenvalue weighted by Gasteiger charge is -2.02. The van der Waals surface area contributed by atoms with Crippen molar-refractivity contribution in [1.82, 2.24) is 9.38 Å². The molecule has 0 fully saturated rings. The topological polar surface area (TPSA) is 46.7 Å². The molecular formula is C16H12FN3O. The number of aryl methyl sites for hydroxylation is 2. The summed E-state index contributed by atoms with van der Waals surface area (Å²) in [5, 5.41) is 3.05. The molecule has 0 spiro atoms. The molecule has 0 radical (unpaired) electrons. The van der Waals surface area contributed by atoms with E-state index in [4.69, 9.17) is 0 Å². The van der Waals surface area contributed by atoms with E-state index in [-0.39, 0.29) is 5.82 Å². The van der Waals surface area contributed by atoms with E-state index in [1.165, 1.54) is 27.8 Å². The Bertz CT molecular complexity index is 869. The van der Waals surface area contributed by atoms with Crippen LogP contribution in [0.5, 0.6) is 0 Å². The van der Waals surface area contributed by atoms with E-state index < -0.39 is 5.82 Å². The normalized spacial score (nSPS) is 13.6. The summed E-state index contributed by atoms with van der Waals surface area (Å²) in [6.07, 6.45) is 4.55. The average Bonchev–Trinajstić information content (AvgIpc) is 3.09. The van der Waals surface area contributed by atoms with Crippen LogP contribution in [-0.4, -0.2) is 9.38 Å². The van der Waals surface area contributed by atoms with Gasteiger partial charge < -0.3 is 0 Å². The van der Waals surface area contributed by atoms with E-state index in [1.807, 2.05) is 6.07 Å². The highest BCUT2D eigenvalue weighted by Crippen LogP contribution is 2.34. The van der Waals surface area contributed by atoms with E-state index in [0.29, 0.717) is 11.3 Å². The molecule has 0 saturated heterocycles. The molecule has 1 aromatic carbocycles. The quantitative estimate of drug-likeness (QED) is 0.666. The first-order valence-electron chi connectivity index (χ1n) is 6.89. The number of imidazole rings is 1. The molecule has 4 rings (SSSR count). The van der Waals surface area contributed by atoms with Gasteiger partial charge in [0.2, 0.25) is 5.82 Å². The highest BCUT2D eigenvalue weighted by atomic mass is 19.1. The summed E-state index contributed by atoms with van der Waals surface area (Å²) < 4.78 is 14.7. The van der Waals surface area contributed by atoms with Crippen LogP contribution in [0.2, 0.25) is 0 Å². The Balaban J connectivity index is 1.95. The number of rotatable bonds is 2. The second kappa shape index (κ2) is 4.48. The van der Waals surface area contributed by atoms with Gasteiger partial charge in [0.1, 0.15) is 17.2 Å². The van der Waals surface area contributed by atoms with Crippen molar-refractivity contribution in [3.63, 3.8) is 0 Å². The number of aromatic nitrogens is 2. The van der Waals surface area contributed by atoms with Crippen LogP contribution in [0.1, 0.15) is 17.5 Å². The smallest absolute Gasteiger partial charge is 0.209 e. The molecule has 0 atom stereocenters. The molecule has 1 aliphatic carbocycles. The fourth-order valence-electron chi connectivity index (χ4n) is 3.01. The van der Waals surface area contributed by atoms with Gasteiger partial charge in [0.05, 0.1) is 0 Å². The Morgan fingerprint density at radius 2 is 2.00 bits per heavy atom. The predicted molar refractivity (Wildman–Crippen MR) is 78.1 cm³/mol. The van der Waals surface area contributed by atoms with Gasteiger partial charge in [-0.2, -0.15) is 0 Å². The number of hydrogen-bond donors (Lipinski definition) is 0. The number of hydrogen-bond acceptors (Lipinski definition) is 3. The van der Waals surface area contributed by atoms with Crippen LogP contribution in [0.4, 0.5) is 10.2 Å². The molecule has 4 nitrogen and oxygen atoms in total. The van der Waals surface area contributed by atoms with Crippen LogP contribution < -0.4 is 0 Å². The van der Waals surface area contributed by atoms with Crippen LogP contribution in [0, 0.1) is 10.7 Å². The van der Waals surface area contributed by atoms with Gasteiger partial charge in [-0.05, 0) is 53.8 Å². The molecule has 21 heavy (non-hydrogen) atoms. The molecule has 0 unspecified atom stereocenters. The maximum atomic E-state index is 13.4. The average molecular weight is 281 g/mol. The van der Waals surface area contributed by atoms with Crippen molar-refractivity contribution in [3.05, 3.63) is 58.4 Å². The van der Waals surface area contributed by atoms with Gasteiger partial charge in [-0.3, -0.25) is 4.40 Å². The molecule has 0 bridgehead atoms. The Morgan fingerprint density at radius 1 is 1.14 bits per heavy atom. The molecular weight excluding hydrogens is 269 g/mol. The Morgan fingerprint density at radius 3 is 2.86 bits per heavy atom. The van der Waals surface area contributed by atoms with Crippen LogP contribution in [0.25, 0.3) is 16.9 Å². The first-order chi connectivity index (χ1) is 10.3. The minimum atomic E-state index is -0.426. The summed E-state index contributed by atoms with van der Waals surface area (Å²) in [7, 11) is 0. The highest BCUT2D eigenvalue weighted by molar-refractivity contribution is 5.75. The van der Waals surface area contributed by atoms with Crippen molar-refractivity contribution < 1.29 is 4.39 Å². The molecule has 0 N–H and O–H groups in total. The zero-order chi connectivity index (χ0) is 14.4. The van der Waals surface area contributed by atoms with E-state index in [0.717, 1.165) is 24.8 Å². The van der Waals surface area contributed by atoms with Crippen molar-refractivity contribution in [3.8, 4) is 11.3 Å². The zero-order valence-electron chi connectivity index (χ0n) is 11.2. The predicted octanol–water partition coefficient (Wildman–Crippen LogP) is 4.03. The lowest BCUT2D eigenvalue weighted by atomic mass is 10.0. The van der Waals surface area contributed by atoms with E-state index in [1.54, 1.807) is 6.07 Å². The van der Waals surface area contributed by atoms with E-state index in [9.17, 15) is 9.30 Å². The van der Waals surface area contributed by atoms with E-state index >= 15 is 0 Å². The fourth-order valence-corrected chi connectivity index (χ4v) is 3.01. The largest absolute Gasteiger partial charge is 0.278 e. The molecule has 2 heterocycles. The summed E-state index contributed by atoms with van der Waals surface area (Å²) in [6, 6.07) is 8.97. The van der Waals surface area contributed by atoms with Gasteiger partial charge in [0.15, 0.2) is 0 Å². The number of pyridine rings is 1. The van der Waals surface area contributed by atoms with Crippen LogP contribution >= 0.6 is 0 Å². The van der Waals surface area contributed by atoms with Crippen molar-refractivity contribution in [2.24, 2.45) is 5.18 Å². The molecule has 1 aliphatic rings. The molecule has 0 amide bonds. The number of nitroso groups, excluding NO2 is 1. The number of halogens is 1. The van der Waals surface area contributed by atoms with E-state index in [2.05, 4.69) is 22.3 Å².